The summed E-state index contributed by atoms with van der Waals surface area (Å²) in [4.78, 5) is 25.9. The van der Waals surface area contributed by atoms with E-state index in [0.717, 1.165) is 5.57 Å². The van der Waals surface area contributed by atoms with Gasteiger partial charge in [-0.25, -0.2) is 4.79 Å². The molecule has 0 radical (unpaired) electrons. The molecule has 3 N–H and O–H groups in total. The van der Waals surface area contributed by atoms with Crippen molar-refractivity contribution in [1.29, 1.82) is 0 Å². The van der Waals surface area contributed by atoms with Crippen molar-refractivity contribution in [3.8, 4) is 0 Å². The van der Waals surface area contributed by atoms with Crippen molar-refractivity contribution < 1.29 is 14.7 Å². The van der Waals surface area contributed by atoms with Crippen molar-refractivity contribution >= 4 is 17.7 Å². The average molecular weight is 263 g/mol. The molecule has 0 spiro atoms. The van der Waals surface area contributed by atoms with Crippen LogP contribution in [0.15, 0.2) is 30.0 Å². The topological polar surface area (TPSA) is 91.3 Å². The third-order valence-electron chi connectivity index (χ3n) is 2.19. The van der Waals surface area contributed by atoms with Crippen LogP contribution < -0.4 is 10.6 Å². The third-order valence-corrected chi connectivity index (χ3v) is 2.19. The highest BCUT2D eigenvalue weighted by molar-refractivity contribution is 5.89. The average Bonchev–Trinajstić information content (AvgIpc) is 2.30. The highest BCUT2D eigenvalue weighted by Crippen LogP contribution is 2.06. The Bertz CT molecular complexity index is 476. The molecule has 1 heterocycles. The van der Waals surface area contributed by atoms with Crippen molar-refractivity contribution in [1.82, 2.24) is 10.3 Å². The monoisotopic (exact) mass is 263 g/mol. The van der Waals surface area contributed by atoms with Gasteiger partial charge in [-0.3, -0.25) is 9.78 Å². The molecular formula is C13H17N3O3. The largest absolute Gasteiger partial charge is 0.481 e. The van der Waals surface area contributed by atoms with Gasteiger partial charge in [-0.2, -0.15) is 0 Å². The molecule has 6 nitrogen and oxygen atoms in total. The van der Waals surface area contributed by atoms with Crippen LogP contribution in [0, 0.1) is 0 Å². The Kier molecular flexibility index (Phi) is 5.53. The molecule has 1 rings (SSSR count). The zero-order valence-corrected chi connectivity index (χ0v) is 10.9. The number of amides is 2. The lowest BCUT2D eigenvalue weighted by Crippen LogP contribution is -2.28. The number of allylic oxidation sites excluding steroid dienone is 1. The SMILES string of the molecule is CC(C)=CCNC(=O)Nc1ccc(CC(=O)O)nc1. The molecule has 19 heavy (non-hydrogen) atoms. The summed E-state index contributed by atoms with van der Waals surface area (Å²) in [5, 5.41) is 13.9. The zero-order chi connectivity index (χ0) is 14.3. The highest BCUT2D eigenvalue weighted by atomic mass is 16.4. The molecule has 0 unspecified atom stereocenters. The van der Waals surface area contributed by atoms with Crippen LogP contribution >= 0.6 is 0 Å². The molecule has 6 heteroatoms. The van der Waals surface area contributed by atoms with Crippen molar-refractivity contribution in [2.45, 2.75) is 20.3 Å². The molecule has 0 saturated carbocycles. The summed E-state index contributed by atoms with van der Waals surface area (Å²) in [6, 6.07) is 2.86. The molecular weight excluding hydrogens is 246 g/mol. The number of pyridine rings is 1. The van der Waals surface area contributed by atoms with Crippen LogP contribution in [0.4, 0.5) is 10.5 Å². The van der Waals surface area contributed by atoms with E-state index in [0.29, 0.717) is 17.9 Å². The first-order chi connectivity index (χ1) is 8.97. The summed E-state index contributed by atoms with van der Waals surface area (Å²) in [6.45, 7) is 4.36. The molecule has 1 aromatic heterocycles. The third kappa shape index (κ3) is 6.21. The molecule has 0 aromatic carbocycles. The summed E-state index contributed by atoms with van der Waals surface area (Å²) in [5.74, 6) is -0.937. The summed E-state index contributed by atoms with van der Waals surface area (Å²) in [7, 11) is 0. The van der Waals surface area contributed by atoms with Gasteiger partial charge < -0.3 is 15.7 Å². The lowest BCUT2D eigenvalue weighted by Gasteiger charge is -2.06. The number of carbonyl (C=O) groups excluding carboxylic acids is 1. The van der Waals surface area contributed by atoms with Gasteiger partial charge in [0, 0.05) is 6.54 Å². The van der Waals surface area contributed by atoms with Gasteiger partial charge in [0.05, 0.1) is 24.0 Å². The minimum atomic E-state index is -0.937. The second-order valence-corrected chi connectivity index (χ2v) is 4.23. The van der Waals surface area contributed by atoms with Gasteiger partial charge in [0.2, 0.25) is 0 Å². The van der Waals surface area contributed by atoms with E-state index in [-0.39, 0.29) is 12.5 Å². The van der Waals surface area contributed by atoms with Crippen molar-refractivity contribution in [2.75, 3.05) is 11.9 Å². The van der Waals surface area contributed by atoms with Crippen LogP contribution in [-0.2, 0) is 11.2 Å². The molecule has 0 aliphatic heterocycles. The van der Waals surface area contributed by atoms with Gasteiger partial charge in [0.1, 0.15) is 0 Å². The summed E-state index contributed by atoms with van der Waals surface area (Å²) >= 11 is 0. The number of anilines is 1. The van der Waals surface area contributed by atoms with Crippen LogP contribution in [0.25, 0.3) is 0 Å². The van der Waals surface area contributed by atoms with E-state index in [1.807, 2.05) is 19.9 Å². The number of carbonyl (C=O) groups is 2. The Morgan fingerprint density at radius 1 is 1.37 bits per heavy atom. The van der Waals surface area contributed by atoms with Crippen molar-refractivity contribution in [2.24, 2.45) is 0 Å². The number of nitrogens with zero attached hydrogens (tertiary/aromatic N) is 1. The molecule has 0 atom stereocenters. The lowest BCUT2D eigenvalue weighted by atomic mass is 10.2. The van der Waals surface area contributed by atoms with E-state index in [1.54, 1.807) is 12.1 Å². The van der Waals surface area contributed by atoms with E-state index in [2.05, 4.69) is 15.6 Å². The summed E-state index contributed by atoms with van der Waals surface area (Å²) < 4.78 is 0. The van der Waals surface area contributed by atoms with E-state index >= 15 is 0 Å². The standard InChI is InChI=1S/C13H17N3O3/c1-9(2)5-6-14-13(19)16-11-4-3-10(15-8-11)7-12(17)18/h3-5,8H,6-7H2,1-2H3,(H,17,18)(H2,14,16,19). The summed E-state index contributed by atoms with van der Waals surface area (Å²) in [6.07, 6.45) is 3.19. The Morgan fingerprint density at radius 2 is 2.11 bits per heavy atom. The van der Waals surface area contributed by atoms with Crippen LogP contribution in [0.2, 0.25) is 0 Å². The number of hydrogen-bond acceptors (Lipinski definition) is 3. The number of aromatic nitrogens is 1. The van der Waals surface area contributed by atoms with Crippen LogP contribution in [0.5, 0.6) is 0 Å². The van der Waals surface area contributed by atoms with Gasteiger partial charge in [-0.05, 0) is 26.0 Å². The second kappa shape index (κ2) is 7.15. The number of hydrogen-bond donors (Lipinski definition) is 3. The van der Waals surface area contributed by atoms with Crippen LogP contribution in [0.3, 0.4) is 0 Å². The van der Waals surface area contributed by atoms with E-state index in [4.69, 9.17) is 5.11 Å². The first-order valence-corrected chi connectivity index (χ1v) is 5.82. The lowest BCUT2D eigenvalue weighted by molar-refractivity contribution is -0.136. The second-order valence-electron chi connectivity index (χ2n) is 4.23. The Labute approximate surface area is 111 Å². The minimum Gasteiger partial charge on any atom is -0.481 e. The van der Waals surface area contributed by atoms with Gasteiger partial charge in [0.15, 0.2) is 0 Å². The van der Waals surface area contributed by atoms with Crippen LogP contribution in [0.1, 0.15) is 19.5 Å². The molecule has 0 fully saturated rings. The highest BCUT2D eigenvalue weighted by Gasteiger charge is 2.03. The Hall–Kier alpha value is -2.37. The fourth-order valence-electron chi connectivity index (χ4n) is 1.28. The van der Waals surface area contributed by atoms with Gasteiger partial charge in [-0.1, -0.05) is 11.6 Å². The van der Waals surface area contributed by atoms with Gasteiger partial charge in [-0.15, -0.1) is 0 Å². The van der Waals surface area contributed by atoms with Crippen LogP contribution in [-0.4, -0.2) is 28.6 Å². The molecule has 2 amide bonds. The number of aliphatic carboxylic acids is 1. The molecule has 102 valence electrons. The molecule has 0 aliphatic carbocycles. The number of nitrogens with one attached hydrogen (secondary N) is 2. The predicted molar refractivity (Wildman–Crippen MR) is 72.0 cm³/mol. The summed E-state index contributed by atoms with van der Waals surface area (Å²) in [5.41, 5.74) is 2.09. The van der Waals surface area contributed by atoms with E-state index in [9.17, 15) is 9.59 Å². The van der Waals surface area contributed by atoms with E-state index < -0.39 is 5.97 Å². The number of carboxylic acids is 1. The van der Waals surface area contributed by atoms with E-state index in [1.165, 1.54) is 6.20 Å². The number of rotatable bonds is 5. The molecule has 0 bridgehead atoms. The normalized spacial score (nSPS) is 9.58. The maximum atomic E-state index is 11.5. The number of carboxylic acid groups (broad SMARTS) is 1. The zero-order valence-electron chi connectivity index (χ0n) is 10.9. The predicted octanol–water partition coefficient (Wildman–Crippen LogP) is 1.80. The van der Waals surface area contributed by atoms with Gasteiger partial charge >= 0.3 is 12.0 Å². The smallest absolute Gasteiger partial charge is 0.319 e. The maximum Gasteiger partial charge on any atom is 0.319 e. The van der Waals surface area contributed by atoms with Gasteiger partial charge in [0.25, 0.3) is 0 Å². The maximum absolute atomic E-state index is 11.5. The van der Waals surface area contributed by atoms with Crippen molar-refractivity contribution in [3.05, 3.63) is 35.7 Å². The molecule has 1 aromatic rings. The number of urea groups is 1. The fraction of sp³-hybridized carbons (Fsp3) is 0.308. The first-order valence-electron chi connectivity index (χ1n) is 5.82. The fourth-order valence-corrected chi connectivity index (χ4v) is 1.28. The first kappa shape index (κ1) is 14.7. The quantitative estimate of drug-likeness (QED) is 0.706. The molecule has 0 aliphatic rings. The minimum absolute atomic E-state index is 0.132. The Balaban J connectivity index is 2.46. The van der Waals surface area contributed by atoms with Crippen molar-refractivity contribution in [3.63, 3.8) is 0 Å². The molecule has 0 saturated heterocycles. The Morgan fingerprint density at radius 3 is 2.63 bits per heavy atom.